The molecule has 0 aliphatic carbocycles. The number of aliphatic hydroxyl groups excluding tert-OH is 2. The lowest BCUT2D eigenvalue weighted by molar-refractivity contribution is -0.301. The average Bonchev–Trinajstić information content (AvgIpc) is 3.51. The van der Waals surface area contributed by atoms with E-state index in [1.165, 1.54) is 180 Å². The van der Waals surface area contributed by atoms with E-state index in [1.807, 2.05) is 0 Å². The molecule has 6 atom stereocenters. The molecule has 0 amide bonds. The van der Waals surface area contributed by atoms with Gasteiger partial charge < -0.3 is 39.0 Å². The van der Waals surface area contributed by atoms with Crippen molar-refractivity contribution in [1.29, 1.82) is 0 Å². The van der Waals surface area contributed by atoms with Gasteiger partial charge in [-0.1, -0.05) is 288 Å². The fourth-order valence-corrected chi connectivity index (χ4v) is 10.9. The van der Waals surface area contributed by atoms with Gasteiger partial charge in [-0.15, -0.1) is 0 Å². The fourth-order valence-electron chi connectivity index (χ4n) is 10.9. The molecule has 0 spiro atoms. The Morgan fingerprint density at radius 1 is 0.388 bits per heavy atom. The van der Waals surface area contributed by atoms with E-state index in [-0.39, 0.29) is 25.9 Å². The van der Waals surface area contributed by atoms with Crippen LogP contribution in [0.4, 0.5) is 0 Å². The minimum Gasteiger partial charge on any atom is -0.479 e. The van der Waals surface area contributed by atoms with E-state index in [0.717, 1.165) is 103 Å². The average molecular weight is 1200 g/mol. The van der Waals surface area contributed by atoms with Gasteiger partial charge in [-0.05, 0) is 83.5 Å². The van der Waals surface area contributed by atoms with Crippen molar-refractivity contribution >= 4 is 23.9 Å². The first-order valence-corrected chi connectivity index (χ1v) is 35.6. The van der Waals surface area contributed by atoms with Crippen molar-refractivity contribution in [3.63, 3.8) is 0 Å². The lowest BCUT2D eigenvalue weighted by Gasteiger charge is -2.40. The molecular weight excluding hydrogens is 1070 g/mol. The van der Waals surface area contributed by atoms with E-state index in [9.17, 15) is 34.5 Å². The normalized spacial score (nSPS) is 17.7. The van der Waals surface area contributed by atoms with Gasteiger partial charge >= 0.3 is 23.9 Å². The summed E-state index contributed by atoms with van der Waals surface area (Å²) in [5.74, 6) is -3.10. The fraction of sp³-hybridized carbons (Fsp3) is 0.836. The molecule has 0 aromatic carbocycles. The van der Waals surface area contributed by atoms with Crippen LogP contribution in [0.5, 0.6) is 0 Å². The Bertz CT molecular complexity index is 1660. The van der Waals surface area contributed by atoms with Crippen molar-refractivity contribution in [3.8, 4) is 0 Å². The van der Waals surface area contributed by atoms with Gasteiger partial charge in [0.2, 0.25) is 0 Å². The standard InChI is InChI=1S/C73H130O12/c1-4-7-10-13-16-19-22-25-28-31-33-36-38-41-44-47-50-53-56-59-65(74)81-62-64(83-66(75)60-57-54-51-48-45-42-39-35-30-27-24-21-18-15-12-9-6-3)63-82-73-71(69(78)68(77)70(85-73)72(79)80)84-67(76)61-58-55-52-49-46-43-40-37-34-32-29-26-23-20-17-14-11-8-5-2/h16,19,25-26,28-29,33,36,64,68-71,73,77-78H,4-15,17-18,20-24,27,30-32,34-35,37-63H2,1-3H3,(H,79,80)/b19-16-,28-25-,29-26-,36-33-. The molecule has 0 bridgehead atoms. The van der Waals surface area contributed by atoms with Crippen LogP contribution in [-0.4, -0.2) is 89.2 Å². The highest BCUT2D eigenvalue weighted by molar-refractivity contribution is 5.74. The number of hydrogen-bond donors (Lipinski definition) is 3. The Kier molecular flexibility index (Phi) is 57.1. The van der Waals surface area contributed by atoms with Crippen LogP contribution < -0.4 is 0 Å². The molecule has 12 heteroatoms. The Morgan fingerprint density at radius 3 is 1.11 bits per heavy atom. The second kappa shape index (κ2) is 60.9. The highest BCUT2D eigenvalue weighted by atomic mass is 16.7. The van der Waals surface area contributed by atoms with Gasteiger partial charge in [0.05, 0.1) is 6.61 Å². The minimum atomic E-state index is -1.90. The maximum absolute atomic E-state index is 13.2. The Labute approximate surface area is 520 Å². The number of unbranched alkanes of at least 4 members (excludes halogenated alkanes) is 40. The quantitative estimate of drug-likeness (QED) is 0.0228. The van der Waals surface area contributed by atoms with Crippen molar-refractivity contribution in [1.82, 2.24) is 0 Å². The number of carbonyl (C=O) groups is 4. The first-order valence-electron chi connectivity index (χ1n) is 35.6. The van der Waals surface area contributed by atoms with Crippen molar-refractivity contribution < 1.29 is 58.2 Å². The summed E-state index contributed by atoms with van der Waals surface area (Å²) in [6.07, 6.45) is 63.4. The van der Waals surface area contributed by atoms with Crippen LogP contribution >= 0.6 is 0 Å². The van der Waals surface area contributed by atoms with Crippen LogP contribution in [0.3, 0.4) is 0 Å². The summed E-state index contributed by atoms with van der Waals surface area (Å²) in [5, 5.41) is 31.7. The molecule has 1 heterocycles. The molecule has 85 heavy (non-hydrogen) atoms. The minimum absolute atomic E-state index is 0.0597. The third-order valence-electron chi connectivity index (χ3n) is 16.4. The number of carboxylic acid groups (broad SMARTS) is 1. The number of aliphatic hydroxyl groups is 2. The first-order chi connectivity index (χ1) is 41.6. The van der Waals surface area contributed by atoms with E-state index < -0.39 is 67.3 Å². The van der Waals surface area contributed by atoms with Gasteiger partial charge in [-0.3, -0.25) is 14.4 Å². The van der Waals surface area contributed by atoms with E-state index in [1.54, 1.807) is 0 Å². The third kappa shape index (κ3) is 50.3. The zero-order chi connectivity index (χ0) is 61.7. The number of allylic oxidation sites excluding steroid dienone is 8. The lowest BCUT2D eigenvalue weighted by Crippen LogP contribution is -2.61. The molecule has 0 aromatic rings. The van der Waals surface area contributed by atoms with Crippen molar-refractivity contribution in [3.05, 3.63) is 48.6 Å². The second-order valence-corrected chi connectivity index (χ2v) is 24.5. The largest absolute Gasteiger partial charge is 0.479 e. The van der Waals surface area contributed by atoms with Crippen molar-refractivity contribution in [2.24, 2.45) is 0 Å². The number of aliphatic carboxylic acids is 1. The summed E-state index contributed by atoms with van der Waals surface area (Å²) >= 11 is 0. The van der Waals surface area contributed by atoms with E-state index in [0.29, 0.717) is 19.3 Å². The number of hydrogen-bond acceptors (Lipinski definition) is 11. The topological polar surface area (TPSA) is 175 Å². The van der Waals surface area contributed by atoms with Gasteiger partial charge in [-0.2, -0.15) is 0 Å². The smallest absolute Gasteiger partial charge is 0.335 e. The van der Waals surface area contributed by atoms with Gasteiger partial charge in [0.25, 0.3) is 0 Å². The number of ether oxygens (including phenoxy) is 5. The predicted octanol–water partition coefficient (Wildman–Crippen LogP) is 19.7. The Morgan fingerprint density at radius 2 is 0.706 bits per heavy atom. The number of carboxylic acids is 1. The lowest BCUT2D eigenvalue weighted by atomic mass is 9.98. The van der Waals surface area contributed by atoms with Gasteiger partial charge in [0.1, 0.15) is 18.8 Å². The summed E-state index contributed by atoms with van der Waals surface area (Å²) in [4.78, 5) is 51.5. The van der Waals surface area contributed by atoms with Crippen LogP contribution in [0.15, 0.2) is 48.6 Å². The molecule has 1 fully saturated rings. The number of esters is 3. The molecular formula is C73H130O12. The summed E-state index contributed by atoms with van der Waals surface area (Å²) in [7, 11) is 0. The van der Waals surface area contributed by atoms with Crippen molar-refractivity contribution in [2.75, 3.05) is 13.2 Å². The molecule has 1 aliphatic rings. The monoisotopic (exact) mass is 1200 g/mol. The zero-order valence-corrected chi connectivity index (χ0v) is 54.9. The Balaban J connectivity index is 2.63. The van der Waals surface area contributed by atoms with Gasteiger partial charge in [0.15, 0.2) is 24.6 Å². The van der Waals surface area contributed by atoms with Crippen LogP contribution in [0.2, 0.25) is 0 Å². The molecule has 0 saturated carbocycles. The number of rotatable bonds is 62. The second-order valence-electron chi connectivity index (χ2n) is 24.5. The SMILES string of the molecule is CCCCC/C=C\C/C=C\C/C=C\CCCCCCCCC(=O)OCC(COC1OC(C(=O)O)C(O)C(O)C1OC(=O)CCCCCCCCCCC/C=C\CCCCCCCC)OC(=O)CCCCCCCCCCCCCCCCCCC. The molecule has 1 saturated heterocycles. The predicted molar refractivity (Wildman–Crippen MR) is 349 cm³/mol. The molecule has 1 rings (SSSR count). The highest BCUT2D eigenvalue weighted by Gasteiger charge is 2.50. The molecule has 3 N–H and O–H groups in total. The Hall–Kier alpha value is -3.32. The van der Waals surface area contributed by atoms with E-state index in [4.69, 9.17) is 23.7 Å². The zero-order valence-electron chi connectivity index (χ0n) is 54.9. The molecule has 1 aliphatic heterocycles. The van der Waals surface area contributed by atoms with Gasteiger partial charge in [-0.25, -0.2) is 4.79 Å². The molecule has 0 aromatic heterocycles. The van der Waals surface area contributed by atoms with Crippen LogP contribution in [0.25, 0.3) is 0 Å². The summed E-state index contributed by atoms with van der Waals surface area (Å²) in [6, 6.07) is 0. The molecule has 0 radical (unpaired) electrons. The maximum Gasteiger partial charge on any atom is 0.335 e. The van der Waals surface area contributed by atoms with Crippen LogP contribution in [0, 0.1) is 0 Å². The molecule has 6 unspecified atom stereocenters. The van der Waals surface area contributed by atoms with E-state index >= 15 is 0 Å². The third-order valence-corrected chi connectivity index (χ3v) is 16.4. The molecule has 494 valence electrons. The highest BCUT2D eigenvalue weighted by Crippen LogP contribution is 2.27. The molecule has 12 nitrogen and oxygen atoms in total. The summed E-state index contributed by atoms with van der Waals surface area (Å²) in [6.45, 7) is 6.02. The van der Waals surface area contributed by atoms with Gasteiger partial charge in [0, 0.05) is 19.3 Å². The van der Waals surface area contributed by atoms with E-state index in [2.05, 4.69) is 69.4 Å². The summed E-state index contributed by atoms with van der Waals surface area (Å²) < 4.78 is 28.6. The number of carbonyl (C=O) groups excluding carboxylic acids is 3. The maximum atomic E-state index is 13.2. The summed E-state index contributed by atoms with van der Waals surface area (Å²) in [5.41, 5.74) is 0. The van der Waals surface area contributed by atoms with Crippen molar-refractivity contribution in [2.45, 2.75) is 379 Å². The van der Waals surface area contributed by atoms with Crippen LogP contribution in [-0.2, 0) is 42.9 Å². The van der Waals surface area contributed by atoms with Crippen LogP contribution in [0.1, 0.15) is 342 Å². The first kappa shape index (κ1) is 79.7.